The minimum absolute atomic E-state index is 0.468. The fraction of sp³-hybridized carbons (Fsp3) is 0.700. The first-order valence-electron chi connectivity index (χ1n) is 4.73. The zero-order chi connectivity index (χ0) is 9.90. The molecule has 0 fully saturated rings. The SMILES string of the molecule is CCC(C(=O)O)C1(O)C=CCCC1. The second-order valence-corrected chi connectivity index (χ2v) is 3.58. The van der Waals surface area contributed by atoms with Gasteiger partial charge in [0.1, 0.15) is 0 Å². The summed E-state index contributed by atoms with van der Waals surface area (Å²) >= 11 is 0. The summed E-state index contributed by atoms with van der Waals surface area (Å²) in [5, 5.41) is 18.9. The molecule has 0 bridgehead atoms. The number of rotatable bonds is 3. The van der Waals surface area contributed by atoms with Crippen LogP contribution in [0.3, 0.4) is 0 Å². The summed E-state index contributed by atoms with van der Waals surface area (Å²) in [6, 6.07) is 0. The Bertz CT molecular complexity index is 222. The molecular formula is C10H16O3. The first-order valence-corrected chi connectivity index (χ1v) is 4.73. The van der Waals surface area contributed by atoms with Gasteiger partial charge in [-0.3, -0.25) is 4.79 Å². The number of aliphatic carboxylic acids is 1. The van der Waals surface area contributed by atoms with Crippen molar-refractivity contribution in [3.8, 4) is 0 Å². The van der Waals surface area contributed by atoms with Gasteiger partial charge < -0.3 is 10.2 Å². The summed E-state index contributed by atoms with van der Waals surface area (Å²) in [5.74, 6) is -1.57. The zero-order valence-electron chi connectivity index (χ0n) is 7.86. The number of aliphatic hydroxyl groups is 1. The molecule has 0 heterocycles. The van der Waals surface area contributed by atoms with Gasteiger partial charge in [0.05, 0.1) is 11.5 Å². The second kappa shape index (κ2) is 3.92. The Morgan fingerprint density at radius 2 is 2.38 bits per heavy atom. The van der Waals surface area contributed by atoms with Crippen molar-refractivity contribution in [3.63, 3.8) is 0 Å². The fourth-order valence-corrected chi connectivity index (χ4v) is 1.91. The predicted molar refractivity (Wildman–Crippen MR) is 49.4 cm³/mol. The smallest absolute Gasteiger partial charge is 0.309 e. The summed E-state index contributed by atoms with van der Waals surface area (Å²) < 4.78 is 0. The summed E-state index contributed by atoms with van der Waals surface area (Å²) in [6.45, 7) is 1.79. The fourth-order valence-electron chi connectivity index (χ4n) is 1.91. The van der Waals surface area contributed by atoms with Crippen LogP contribution < -0.4 is 0 Å². The molecule has 0 amide bonds. The molecule has 0 saturated heterocycles. The molecule has 0 aromatic rings. The molecular weight excluding hydrogens is 168 g/mol. The van der Waals surface area contributed by atoms with Crippen molar-refractivity contribution < 1.29 is 15.0 Å². The highest BCUT2D eigenvalue weighted by molar-refractivity contribution is 5.72. The molecule has 0 aromatic carbocycles. The normalized spacial score (nSPS) is 30.0. The van der Waals surface area contributed by atoms with Crippen molar-refractivity contribution in [2.45, 2.75) is 38.2 Å². The summed E-state index contributed by atoms with van der Waals surface area (Å²) in [4.78, 5) is 10.8. The van der Waals surface area contributed by atoms with Gasteiger partial charge in [0, 0.05) is 0 Å². The Labute approximate surface area is 78.1 Å². The van der Waals surface area contributed by atoms with E-state index in [1.807, 2.05) is 6.08 Å². The molecule has 0 spiro atoms. The van der Waals surface area contributed by atoms with Crippen molar-refractivity contribution in [1.29, 1.82) is 0 Å². The van der Waals surface area contributed by atoms with Gasteiger partial charge in [-0.2, -0.15) is 0 Å². The van der Waals surface area contributed by atoms with Gasteiger partial charge in [-0.05, 0) is 25.7 Å². The first-order chi connectivity index (χ1) is 6.10. The topological polar surface area (TPSA) is 57.5 Å². The predicted octanol–water partition coefficient (Wildman–Crippen LogP) is 1.57. The molecule has 13 heavy (non-hydrogen) atoms. The Morgan fingerprint density at radius 1 is 1.69 bits per heavy atom. The molecule has 3 heteroatoms. The van der Waals surface area contributed by atoms with Crippen molar-refractivity contribution >= 4 is 5.97 Å². The molecule has 2 N–H and O–H groups in total. The van der Waals surface area contributed by atoms with Crippen LogP contribution in [-0.4, -0.2) is 21.8 Å². The molecule has 0 aliphatic heterocycles. The van der Waals surface area contributed by atoms with E-state index in [2.05, 4.69) is 0 Å². The van der Waals surface area contributed by atoms with Crippen LogP contribution in [-0.2, 0) is 4.79 Å². The number of hydrogen-bond donors (Lipinski definition) is 2. The van der Waals surface area contributed by atoms with Crippen LogP contribution in [0.1, 0.15) is 32.6 Å². The Balaban J connectivity index is 2.81. The largest absolute Gasteiger partial charge is 0.481 e. The van der Waals surface area contributed by atoms with Crippen LogP contribution in [0.15, 0.2) is 12.2 Å². The molecule has 1 rings (SSSR count). The quantitative estimate of drug-likeness (QED) is 0.654. The van der Waals surface area contributed by atoms with E-state index in [1.165, 1.54) is 0 Å². The maximum atomic E-state index is 10.8. The average molecular weight is 184 g/mol. The van der Waals surface area contributed by atoms with Crippen LogP contribution >= 0.6 is 0 Å². The third kappa shape index (κ3) is 2.10. The zero-order valence-corrected chi connectivity index (χ0v) is 7.86. The van der Waals surface area contributed by atoms with E-state index in [4.69, 9.17) is 5.11 Å². The minimum Gasteiger partial charge on any atom is -0.481 e. The summed E-state index contributed by atoms with van der Waals surface area (Å²) in [5.41, 5.74) is -1.11. The van der Waals surface area contributed by atoms with E-state index < -0.39 is 17.5 Å². The van der Waals surface area contributed by atoms with E-state index in [1.54, 1.807) is 13.0 Å². The molecule has 74 valence electrons. The number of carboxylic acid groups (broad SMARTS) is 1. The molecule has 1 aliphatic carbocycles. The molecule has 2 atom stereocenters. The van der Waals surface area contributed by atoms with Crippen LogP contribution in [0.25, 0.3) is 0 Å². The van der Waals surface area contributed by atoms with Crippen LogP contribution in [0.4, 0.5) is 0 Å². The maximum absolute atomic E-state index is 10.8. The van der Waals surface area contributed by atoms with Gasteiger partial charge in [-0.15, -0.1) is 0 Å². The molecule has 0 saturated carbocycles. The number of allylic oxidation sites excluding steroid dienone is 1. The van der Waals surface area contributed by atoms with Gasteiger partial charge >= 0.3 is 5.97 Å². The third-order valence-corrected chi connectivity index (χ3v) is 2.66. The average Bonchev–Trinajstić information content (AvgIpc) is 2.05. The first kappa shape index (κ1) is 10.3. The van der Waals surface area contributed by atoms with Crippen LogP contribution in [0, 0.1) is 5.92 Å². The van der Waals surface area contributed by atoms with E-state index in [9.17, 15) is 9.90 Å². The highest BCUT2D eigenvalue weighted by atomic mass is 16.4. The highest BCUT2D eigenvalue weighted by Crippen LogP contribution is 2.31. The lowest BCUT2D eigenvalue weighted by molar-refractivity contribution is -0.149. The van der Waals surface area contributed by atoms with E-state index in [0.717, 1.165) is 12.8 Å². The van der Waals surface area contributed by atoms with Gasteiger partial charge in [0.25, 0.3) is 0 Å². The second-order valence-electron chi connectivity index (χ2n) is 3.58. The number of carboxylic acids is 1. The summed E-state index contributed by atoms with van der Waals surface area (Å²) in [7, 11) is 0. The highest BCUT2D eigenvalue weighted by Gasteiger charge is 2.38. The van der Waals surface area contributed by atoms with Gasteiger partial charge in [0.15, 0.2) is 0 Å². The van der Waals surface area contributed by atoms with Gasteiger partial charge in [-0.1, -0.05) is 19.1 Å². The van der Waals surface area contributed by atoms with E-state index in [0.29, 0.717) is 12.8 Å². The minimum atomic E-state index is -1.11. The molecule has 2 unspecified atom stereocenters. The van der Waals surface area contributed by atoms with Crippen LogP contribution in [0.2, 0.25) is 0 Å². The van der Waals surface area contributed by atoms with Crippen molar-refractivity contribution in [2.24, 2.45) is 5.92 Å². The Kier molecular flexibility index (Phi) is 3.09. The number of carbonyl (C=O) groups is 1. The van der Waals surface area contributed by atoms with Gasteiger partial charge in [-0.25, -0.2) is 0 Å². The van der Waals surface area contributed by atoms with Crippen molar-refractivity contribution in [3.05, 3.63) is 12.2 Å². The maximum Gasteiger partial charge on any atom is 0.309 e. The third-order valence-electron chi connectivity index (χ3n) is 2.66. The molecule has 0 radical (unpaired) electrons. The molecule has 1 aliphatic rings. The van der Waals surface area contributed by atoms with Crippen LogP contribution in [0.5, 0.6) is 0 Å². The molecule has 3 nitrogen and oxygen atoms in total. The van der Waals surface area contributed by atoms with E-state index in [-0.39, 0.29) is 0 Å². The number of hydrogen-bond acceptors (Lipinski definition) is 2. The van der Waals surface area contributed by atoms with Crippen molar-refractivity contribution in [1.82, 2.24) is 0 Å². The lowest BCUT2D eigenvalue weighted by Gasteiger charge is -2.32. The van der Waals surface area contributed by atoms with E-state index >= 15 is 0 Å². The molecule has 0 aromatic heterocycles. The van der Waals surface area contributed by atoms with Crippen molar-refractivity contribution in [2.75, 3.05) is 0 Å². The van der Waals surface area contributed by atoms with Gasteiger partial charge in [0.2, 0.25) is 0 Å². The lowest BCUT2D eigenvalue weighted by Crippen LogP contribution is -2.41. The standard InChI is InChI=1S/C10H16O3/c1-2-8(9(11)12)10(13)6-4-3-5-7-10/h4,6,8,13H,2-3,5,7H2,1H3,(H,11,12). The summed E-state index contributed by atoms with van der Waals surface area (Å²) in [6.07, 6.45) is 6.37. The lowest BCUT2D eigenvalue weighted by atomic mass is 9.78. The Morgan fingerprint density at radius 3 is 2.77 bits per heavy atom. The monoisotopic (exact) mass is 184 g/mol. The Hall–Kier alpha value is -0.830.